The van der Waals surface area contributed by atoms with Gasteiger partial charge < -0.3 is 14.6 Å². The number of amides is 1. The Morgan fingerprint density at radius 3 is 2.71 bits per heavy atom. The Kier molecular flexibility index (Phi) is 5.16. The van der Waals surface area contributed by atoms with Gasteiger partial charge in [-0.2, -0.15) is 11.8 Å². The molecule has 7 nitrogen and oxygen atoms in total. The third-order valence-corrected chi connectivity index (χ3v) is 6.08. The summed E-state index contributed by atoms with van der Waals surface area (Å²) in [4.78, 5) is 25.7. The molecule has 0 bridgehead atoms. The van der Waals surface area contributed by atoms with Crippen molar-refractivity contribution in [3.63, 3.8) is 0 Å². The zero-order chi connectivity index (χ0) is 19.7. The fourth-order valence-corrected chi connectivity index (χ4v) is 4.65. The largest absolute Gasteiger partial charge is 0.421 e. The Labute approximate surface area is 171 Å². The minimum atomic E-state index is -0.187. The van der Waals surface area contributed by atoms with Crippen LogP contribution in [0.3, 0.4) is 0 Å². The molecular formula is C19H20ClN5O2S. The van der Waals surface area contributed by atoms with Crippen molar-refractivity contribution in [1.29, 1.82) is 0 Å². The minimum Gasteiger partial charge on any atom is -0.421 e. The number of ether oxygens (including phenoxy) is 1. The van der Waals surface area contributed by atoms with E-state index in [1.54, 1.807) is 29.0 Å². The van der Waals surface area contributed by atoms with Gasteiger partial charge in [0.2, 0.25) is 11.8 Å². The van der Waals surface area contributed by atoms with Gasteiger partial charge in [0.05, 0.1) is 16.7 Å². The van der Waals surface area contributed by atoms with Gasteiger partial charge in [-0.3, -0.25) is 4.79 Å². The maximum atomic E-state index is 12.8. The van der Waals surface area contributed by atoms with E-state index in [1.807, 2.05) is 18.8 Å². The molecule has 1 amide bonds. The van der Waals surface area contributed by atoms with Crippen LogP contribution in [-0.4, -0.2) is 42.5 Å². The summed E-state index contributed by atoms with van der Waals surface area (Å²) >= 11 is 7.76. The molecule has 4 heterocycles. The maximum absolute atomic E-state index is 12.8. The minimum absolute atomic E-state index is 0.171. The van der Waals surface area contributed by atoms with E-state index in [4.69, 9.17) is 16.3 Å². The number of nitrogens with one attached hydrogen (secondary N) is 1. The Hall–Kier alpha value is -2.32. The number of rotatable bonds is 4. The van der Waals surface area contributed by atoms with E-state index in [0.29, 0.717) is 28.1 Å². The summed E-state index contributed by atoms with van der Waals surface area (Å²) in [6.07, 6.45) is 5.02. The molecule has 3 aromatic heterocycles. The number of fused-ring (bicyclic) bond motifs is 1. The quantitative estimate of drug-likeness (QED) is 0.694. The van der Waals surface area contributed by atoms with Crippen molar-refractivity contribution in [2.24, 2.45) is 7.05 Å². The predicted octanol–water partition coefficient (Wildman–Crippen LogP) is 3.82. The van der Waals surface area contributed by atoms with Crippen LogP contribution >= 0.6 is 23.4 Å². The van der Waals surface area contributed by atoms with Gasteiger partial charge in [0, 0.05) is 30.9 Å². The maximum Gasteiger partial charge on any atom is 0.287 e. The van der Waals surface area contributed by atoms with Crippen LogP contribution in [0.4, 0.5) is 0 Å². The van der Waals surface area contributed by atoms with Gasteiger partial charge in [0.25, 0.3) is 5.91 Å². The normalized spacial score (nSPS) is 16.1. The summed E-state index contributed by atoms with van der Waals surface area (Å²) < 4.78 is 7.44. The SMILES string of the molecule is Cn1c(C(=O)NC2(C)CCSCC2)nc2cnc(Oc3ccc(Cl)cn3)cc21. The van der Waals surface area contributed by atoms with Crippen molar-refractivity contribution in [1.82, 2.24) is 24.8 Å². The Balaban J connectivity index is 1.57. The molecular weight excluding hydrogens is 398 g/mol. The number of thioether (sulfide) groups is 1. The molecule has 9 heteroatoms. The van der Waals surface area contributed by atoms with Crippen molar-refractivity contribution in [3.8, 4) is 11.8 Å². The van der Waals surface area contributed by atoms with E-state index in [9.17, 15) is 4.79 Å². The summed E-state index contributed by atoms with van der Waals surface area (Å²) in [5.41, 5.74) is 1.20. The molecule has 28 heavy (non-hydrogen) atoms. The van der Waals surface area contributed by atoms with Crippen molar-refractivity contribution in [2.75, 3.05) is 11.5 Å². The average molecular weight is 418 g/mol. The Morgan fingerprint density at radius 1 is 1.25 bits per heavy atom. The first-order valence-electron chi connectivity index (χ1n) is 8.96. The van der Waals surface area contributed by atoms with Gasteiger partial charge in [-0.05, 0) is 37.3 Å². The second-order valence-electron chi connectivity index (χ2n) is 7.05. The monoisotopic (exact) mass is 417 g/mol. The van der Waals surface area contributed by atoms with E-state index < -0.39 is 0 Å². The first-order chi connectivity index (χ1) is 13.4. The molecule has 4 rings (SSSR count). The lowest BCUT2D eigenvalue weighted by Gasteiger charge is -2.34. The standard InChI is InChI=1S/C19H20ClN5O2S/c1-19(5-7-28-8-6-19)24-18(26)17-23-13-11-22-16(9-14(13)25(17)2)27-15-4-3-12(20)10-21-15/h3-4,9-11H,5-8H2,1-2H3,(H,24,26). The summed E-state index contributed by atoms with van der Waals surface area (Å²) in [5, 5.41) is 3.69. The molecule has 3 aromatic rings. The van der Waals surface area contributed by atoms with Crippen LogP contribution in [-0.2, 0) is 7.05 Å². The van der Waals surface area contributed by atoms with Crippen LogP contribution < -0.4 is 10.1 Å². The first-order valence-corrected chi connectivity index (χ1v) is 10.5. The third kappa shape index (κ3) is 3.93. The second-order valence-corrected chi connectivity index (χ2v) is 8.71. The van der Waals surface area contributed by atoms with Gasteiger partial charge in [0.1, 0.15) is 5.52 Å². The fraction of sp³-hybridized carbons (Fsp3) is 0.368. The highest BCUT2D eigenvalue weighted by atomic mass is 35.5. The van der Waals surface area contributed by atoms with Crippen molar-refractivity contribution in [3.05, 3.63) is 41.4 Å². The lowest BCUT2D eigenvalue weighted by Crippen LogP contribution is -2.48. The molecule has 0 aromatic carbocycles. The number of imidazole rings is 1. The highest BCUT2D eigenvalue weighted by Crippen LogP contribution is 2.27. The van der Waals surface area contributed by atoms with Crippen LogP contribution in [0.15, 0.2) is 30.6 Å². The van der Waals surface area contributed by atoms with Crippen LogP contribution in [0, 0.1) is 0 Å². The van der Waals surface area contributed by atoms with E-state index >= 15 is 0 Å². The first kappa shape index (κ1) is 19.0. The lowest BCUT2D eigenvalue weighted by atomic mass is 9.95. The fourth-order valence-electron chi connectivity index (χ4n) is 3.14. The third-order valence-electron chi connectivity index (χ3n) is 4.87. The van der Waals surface area contributed by atoms with Crippen LogP contribution in [0.2, 0.25) is 5.02 Å². The van der Waals surface area contributed by atoms with E-state index in [-0.39, 0.29) is 11.4 Å². The van der Waals surface area contributed by atoms with E-state index in [0.717, 1.165) is 29.9 Å². The van der Waals surface area contributed by atoms with E-state index in [2.05, 4.69) is 27.2 Å². The predicted molar refractivity (Wildman–Crippen MR) is 110 cm³/mol. The highest BCUT2D eigenvalue weighted by molar-refractivity contribution is 7.99. The number of hydrogen-bond donors (Lipinski definition) is 1. The number of hydrogen-bond acceptors (Lipinski definition) is 6. The number of nitrogens with zero attached hydrogens (tertiary/aromatic N) is 4. The smallest absolute Gasteiger partial charge is 0.287 e. The molecule has 0 aliphatic carbocycles. The van der Waals surface area contributed by atoms with Crippen LogP contribution in [0.25, 0.3) is 11.0 Å². The molecule has 0 saturated carbocycles. The van der Waals surface area contributed by atoms with Crippen LogP contribution in [0.1, 0.15) is 30.4 Å². The average Bonchev–Trinajstić information content (AvgIpc) is 3.00. The molecule has 0 unspecified atom stereocenters. The molecule has 146 valence electrons. The summed E-state index contributed by atoms with van der Waals surface area (Å²) in [7, 11) is 1.81. The zero-order valence-corrected chi connectivity index (χ0v) is 17.2. The summed E-state index contributed by atoms with van der Waals surface area (Å²) in [6.45, 7) is 2.10. The Morgan fingerprint density at radius 2 is 2.00 bits per heavy atom. The van der Waals surface area contributed by atoms with Gasteiger partial charge in [0.15, 0.2) is 5.82 Å². The van der Waals surface area contributed by atoms with Crippen molar-refractivity contribution < 1.29 is 9.53 Å². The zero-order valence-electron chi connectivity index (χ0n) is 15.6. The van der Waals surface area contributed by atoms with Gasteiger partial charge in [-0.1, -0.05) is 11.6 Å². The molecule has 0 spiro atoms. The van der Waals surface area contributed by atoms with Crippen molar-refractivity contribution in [2.45, 2.75) is 25.3 Å². The topological polar surface area (TPSA) is 81.9 Å². The molecule has 0 radical (unpaired) electrons. The number of aromatic nitrogens is 4. The molecule has 1 N–H and O–H groups in total. The number of carbonyl (C=O) groups is 1. The second kappa shape index (κ2) is 7.60. The molecule has 1 aliphatic rings. The number of carbonyl (C=O) groups excluding carboxylic acids is 1. The number of pyridine rings is 2. The Bertz CT molecular complexity index is 1020. The summed E-state index contributed by atoms with van der Waals surface area (Å²) in [5.74, 6) is 3.06. The lowest BCUT2D eigenvalue weighted by molar-refractivity contribution is 0.0887. The molecule has 1 aliphatic heterocycles. The molecule has 0 atom stereocenters. The number of aryl methyl sites for hydroxylation is 1. The van der Waals surface area contributed by atoms with Crippen LogP contribution in [0.5, 0.6) is 11.8 Å². The molecule has 1 saturated heterocycles. The summed E-state index contributed by atoms with van der Waals surface area (Å²) in [6, 6.07) is 5.10. The van der Waals surface area contributed by atoms with Crippen molar-refractivity contribution >= 4 is 40.3 Å². The van der Waals surface area contributed by atoms with E-state index in [1.165, 1.54) is 6.20 Å². The van der Waals surface area contributed by atoms with Gasteiger partial charge >= 0.3 is 0 Å². The highest BCUT2D eigenvalue weighted by Gasteiger charge is 2.30. The molecule has 1 fully saturated rings. The number of halogens is 1. The van der Waals surface area contributed by atoms with Gasteiger partial charge in [-0.15, -0.1) is 0 Å². The van der Waals surface area contributed by atoms with Gasteiger partial charge in [-0.25, -0.2) is 15.0 Å².